The van der Waals surface area contributed by atoms with Gasteiger partial charge in [0.05, 0.1) is 5.92 Å². The summed E-state index contributed by atoms with van der Waals surface area (Å²) < 4.78 is 0. The van der Waals surface area contributed by atoms with E-state index < -0.39 is 0 Å². The van der Waals surface area contributed by atoms with Crippen LogP contribution < -0.4 is 0 Å². The lowest BCUT2D eigenvalue weighted by Crippen LogP contribution is -2.52. The lowest BCUT2D eigenvalue weighted by Gasteiger charge is -2.39. The first-order valence-corrected chi connectivity index (χ1v) is 5.67. The van der Waals surface area contributed by atoms with E-state index in [0.29, 0.717) is 13.1 Å². The van der Waals surface area contributed by atoms with Crippen LogP contribution in [0, 0.1) is 5.92 Å². The average Bonchev–Trinajstić information content (AvgIpc) is 2.27. The summed E-state index contributed by atoms with van der Waals surface area (Å²) in [6, 6.07) is 9.81. The van der Waals surface area contributed by atoms with Crippen molar-refractivity contribution in [3.63, 3.8) is 0 Å². The van der Waals surface area contributed by atoms with Crippen LogP contribution in [0.2, 0.25) is 0 Å². The molecule has 2 rings (SSSR count). The third-order valence-electron chi connectivity index (χ3n) is 3.20. The van der Waals surface area contributed by atoms with E-state index in [1.165, 1.54) is 0 Å². The molecule has 1 saturated heterocycles. The predicted octanol–water partition coefficient (Wildman–Crippen LogP) is 1.24. The quantitative estimate of drug-likeness (QED) is 0.831. The normalized spacial score (nSPS) is 18.0. The number of rotatable bonds is 3. The fourth-order valence-electron chi connectivity index (χ4n) is 2.02. The summed E-state index contributed by atoms with van der Waals surface area (Å²) in [4.78, 5) is 13.8. The van der Waals surface area contributed by atoms with Crippen LogP contribution in [0.15, 0.2) is 30.3 Å². The third kappa shape index (κ3) is 2.09. The minimum absolute atomic E-state index is 0.0826. The summed E-state index contributed by atoms with van der Waals surface area (Å²) >= 11 is 0. The zero-order valence-electron chi connectivity index (χ0n) is 9.47. The molecule has 1 atom stereocenters. The highest BCUT2D eigenvalue weighted by Crippen LogP contribution is 2.23. The van der Waals surface area contributed by atoms with E-state index in [0.717, 1.165) is 5.56 Å². The van der Waals surface area contributed by atoms with Gasteiger partial charge >= 0.3 is 0 Å². The Morgan fingerprint density at radius 1 is 1.44 bits per heavy atom. The Labute approximate surface area is 95.7 Å². The third-order valence-corrected chi connectivity index (χ3v) is 3.20. The number of hydrogen-bond acceptors (Lipinski definition) is 2. The molecule has 1 aromatic rings. The Bertz CT molecular complexity index is 357. The van der Waals surface area contributed by atoms with Crippen LogP contribution in [0.5, 0.6) is 0 Å². The minimum atomic E-state index is -0.0826. The van der Waals surface area contributed by atoms with Gasteiger partial charge in [-0.3, -0.25) is 4.79 Å². The molecule has 1 fully saturated rings. The van der Waals surface area contributed by atoms with Crippen molar-refractivity contribution in [1.29, 1.82) is 0 Å². The van der Waals surface area contributed by atoms with Crippen molar-refractivity contribution in [2.24, 2.45) is 5.92 Å². The molecule has 0 unspecified atom stereocenters. The summed E-state index contributed by atoms with van der Waals surface area (Å²) in [5, 5.41) is 8.90. The SMILES string of the molecule is C[C@H](C(=O)N1CC(CO)C1)c1ccccc1. The van der Waals surface area contributed by atoms with Crippen LogP contribution in [-0.2, 0) is 4.79 Å². The van der Waals surface area contributed by atoms with Gasteiger partial charge in [0.15, 0.2) is 0 Å². The van der Waals surface area contributed by atoms with Gasteiger partial charge in [0.2, 0.25) is 5.91 Å². The molecule has 3 nitrogen and oxygen atoms in total. The standard InChI is InChI=1S/C13H17NO2/c1-10(12-5-3-2-4-6-12)13(16)14-7-11(8-14)9-15/h2-6,10-11,15H,7-9H2,1H3/t10-/m0/s1. The smallest absolute Gasteiger partial charge is 0.229 e. The summed E-state index contributed by atoms with van der Waals surface area (Å²) in [6.07, 6.45) is 0. The Hall–Kier alpha value is -1.35. The molecule has 0 bridgehead atoms. The largest absolute Gasteiger partial charge is 0.396 e. The molecule has 0 aromatic heterocycles. The first-order valence-electron chi connectivity index (χ1n) is 5.67. The van der Waals surface area contributed by atoms with Crippen molar-refractivity contribution in [3.05, 3.63) is 35.9 Å². The molecule has 16 heavy (non-hydrogen) atoms. The highest BCUT2D eigenvalue weighted by Gasteiger charge is 2.32. The molecular weight excluding hydrogens is 202 g/mol. The van der Waals surface area contributed by atoms with Crippen molar-refractivity contribution in [2.75, 3.05) is 19.7 Å². The highest BCUT2D eigenvalue weighted by atomic mass is 16.3. The molecule has 1 amide bonds. The molecule has 1 aliphatic heterocycles. The minimum Gasteiger partial charge on any atom is -0.396 e. The van der Waals surface area contributed by atoms with E-state index in [1.807, 2.05) is 42.2 Å². The monoisotopic (exact) mass is 219 g/mol. The number of hydrogen-bond donors (Lipinski definition) is 1. The molecule has 1 heterocycles. The summed E-state index contributed by atoms with van der Waals surface area (Å²) in [5.74, 6) is 0.365. The molecule has 3 heteroatoms. The first-order chi connectivity index (χ1) is 7.72. The van der Waals surface area contributed by atoms with E-state index in [-0.39, 0.29) is 24.3 Å². The van der Waals surface area contributed by atoms with Crippen LogP contribution in [0.3, 0.4) is 0 Å². The van der Waals surface area contributed by atoms with Crippen molar-refractivity contribution in [2.45, 2.75) is 12.8 Å². The van der Waals surface area contributed by atoms with Crippen LogP contribution in [0.25, 0.3) is 0 Å². The van der Waals surface area contributed by atoms with E-state index in [4.69, 9.17) is 5.11 Å². The zero-order valence-corrected chi connectivity index (χ0v) is 9.47. The number of carbonyl (C=O) groups is 1. The summed E-state index contributed by atoms with van der Waals surface area (Å²) in [6.45, 7) is 3.52. The number of amides is 1. The van der Waals surface area contributed by atoms with Crippen LogP contribution >= 0.6 is 0 Å². The Morgan fingerprint density at radius 2 is 2.06 bits per heavy atom. The van der Waals surface area contributed by atoms with E-state index in [9.17, 15) is 4.79 Å². The molecule has 0 aliphatic carbocycles. The highest BCUT2D eigenvalue weighted by molar-refractivity contribution is 5.84. The maximum atomic E-state index is 12.0. The average molecular weight is 219 g/mol. The number of nitrogens with zero attached hydrogens (tertiary/aromatic N) is 1. The fraction of sp³-hybridized carbons (Fsp3) is 0.462. The van der Waals surface area contributed by atoms with E-state index in [2.05, 4.69) is 0 Å². The Morgan fingerprint density at radius 3 is 2.62 bits per heavy atom. The maximum Gasteiger partial charge on any atom is 0.229 e. The number of carbonyl (C=O) groups excluding carboxylic acids is 1. The van der Waals surface area contributed by atoms with Crippen LogP contribution in [-0.4, -0.2) is 35.6 Å². The Balaban J connectivity index is 1.96. The number of benzene rings is 1. The van der Waals surface area contributed by atoms with Gasteiger partial charge in [0.25, 0.3) is 0 Å². The molecule has 86 valence electrons. The van der Waals surface area contributed by atoms with Crippen molar-refractivity contribution < 1.29 is 9.90 Å². The van der Waals surface area contributed by atoms with Gasteiger partial charge in [-0.05, 0) is 12.5 Å². The lowest BCUT2D eigenvalue weighted by molar-refractivity contribution is -0.139. The van der Waals surface area contributed by atoms with Crippen LogP contribution in [0.1, 0.15) is 18.4 Å². The zero-order chi connectivity index (χ0) is 11.5. The van der Waals surface area contributed by atoms with Gasteiger partial charge in [-0.25, -0.2) is 0 Å². The topological polar surface area (TPSA) is 40.5 Å². The first kappa shape index (κ1) is 11.1. The van der Waals surface area contributed by atoms with Crippen molar-refractivity contribution in [3.8, 4) is 0 Å². The second kappa shape index (κ2) is 4.66. The second-order valence-electron chi connectivity index (χ2n) is 4.42. The molecular formula is C13H17NO2. The van der Waals surface area contributed by atoms with Gasteiger partial charge in [0.1, 0.15) is 0 Å². The summed E-state index contributed by atoms with van der Waals surface area (Å²) in [5.41, 5.74) is 1.06. The predicted molar refractivity (Wildman–Crippen MR) is 62.0 cm³/mol. The lowest BCUT2D eigenvalue weighted by atomic mass is 9.95. The number of likely N-dealkylation sites (tertiary alicyclic amines) is 1. The Kier molecular flexibility index (Phi) is 3.25. The second-order valence-corrected chi connectivity index (χ2v) is 4.42. The summed E-state index contributed by atoms with van der Waals surface area (Å²) in [7, 11) is 0. The van der Waals surface area contributed by atoms with Crippen molar-refractivity contribution in [1.82, 2.24) is 4.90 Å². The number of aliphatic hydroxyl groups excluding tert-OH is 1. The maximum absolute atomic E-state index is 12.0. The van der Waals surface area contributed by atoms with Crippen LogP contribution in [0.4, 0.5) is 0 Å². The molecule has 1 aliphatic rings. The van der Waals surface area contributed by atoms with Gasteiger partial charge in [-0.1, -0.05) is 30.3 Å². The molecule has 1 N–H and O–H groups in total. The molecule has 0 saturated carbocycles. The molecule has 0 spiro atoms. The molecule has 1 aromatic carbocycles. The number of aliphatic hydroxyl groups is 1. The van der Waals surface area contributed by atoms with Crippen molar-refractivity contribution >= 4 is 5.91 Å². The van der Waals surface area contributed by atoms with E-state index in [1.54, 1.807) is 0 Å². The van der Waals surface area contributed by atoms with Gasteiger partial charge in [-0.15, -0.1) is 0 Å². The van der Waals surface area contributed by atoms with Gasteiger partial charge in [0, 0.05) is 25.6 Å². The van der Waals surface area contributed by atoms with Gasteiger partial charge < -0.3 is 10.0 Å². The van der Waals surface area contributed by atoms with Gasteiger partial charge in [-0.2, -0.15) is 0 Å². The fourth-order valence-corrected chi connectivity index (χ4v) is 2.02. The van der Waals surface area contributed by atoms with E-state index >= 15 is 0 Å². The molecule has 0 radical (unpaired) electrons.